The Morgan fingerprint density at radius 3 is 1.44 bits per heavy atom. The quantitative estimate of drug-likeness (QED) is 0.506. The first-order chi connectivity index (χ1) is 4.41. The molecule has 3 nitrogen and oxygen atoms in total. The number of hydrogen-bond acceptors (Lipinski definition) is 3. The van der Waals surface area contributed by atoms with Gasteiger partial charge in [0.2, 0.25) is 0 Å². The van der Waals surface area contributed by atoms with Crippen LogP contribution < -0.4 is 5.73 Å². The van der Waals surface area contributed by atoms with Gasteiger partial charge in [-0.05, 0) is 6.54 Å². The second-order valence-corrected chi connectivity index (χ2v) is 1.63. The highest BCUT2D eigenvalue weighted by Gasteiger charge is 1.94. The second kappa shape index (κ2) is 7.88. The summed E-state index contributed by atoms with van der Waals surface area (Å²) < 4.78 is 9.89. The van der Waals surface area contributed by atoms with Gasteiger partial charge in [-0.25, -0.2) is 0 Å². The van der Waals surface area contributed by atoms with E-state index in [0.29, 0.717) is 0 Å². The van der Waals surface area contributed by atoms with Crippen molar-refractivity contribution in [2.24, 2.45) is 5.73 Å². The minimum Gasteiger partial charge on any atom is -0.377 e. The molecule has 2 N–H and O–H groups in total. The van der Waals surface area contributed by atoms with Gasteiger partial charge in [0.05, 0.1) is 26.4 Å². The van der Waals surface area contributed by atoms with Crippen LogP contribution in [0, 0.1) is 0 Å². The molecule has 1 saturated heterocycles. The molecule has 1 aliphatic rings. The van der Waals surface area contributed by atoms with Crippen LogP contribution in [0.25, 0.3) is 0 Å². The molecular formula is C6H15NO2. The summed E-state index contributed by atoms with van der Waals surface area (Å²) in [5.74, 6) is 0. The summed E-state index contributed by atoms with van der Waals surface area (Å²) >= 11 is 0. The van der Waals surface area contributed by atoms with Crippen LogP contribution >= 0.6 is 0 Å². The van der Waals surface area contributed by atoms with Crippen LogP contribution in [0.3, 0.4) is 0 Å². The Morgan fingerprint density at radius 1 is 1.11 bits per heavy atom. The van der Waals surface area contributed by atoms with Gasteiger partial charge in [-0.1, -0.05) is 6.92 Å². The zero-order chi connectivity index (χ0) is 6.95. The maximum absolute atomic E-state index is 4.94. The highest BCUT2D eigenvalue weighted by molar-refractivity contribution is 4.37. The average Bonchev–Trinajstić information content (AvgIpc) is 1.93. The van der Waals surface area contributed by atoms with Crippen LogP contribution in [0.2, 0.25) is 0 Å². The predicted octanol–water partition coefficient (Wildman–Crippen LogP) is -0.00180. The molecule has 0 aromatic carbocycles. The molecule has 9 heavy (non-hydrogen) atoms. The number of nitrogens with two attached hydrogens (primary N) is 1. The van der Waals surface area contributed by atoms with E-state index in [1.807, 2.05) is 6.92 Å². The van der Waals surface area contributed by atoms with Crippen molar-refractivity contribution in [1.29, 1.82) is 0 Å². The van der Waals surface area contributed by atoms with Gasteiger partial charge in [0.25, 0.3) is 0 Å². The Kier molecular flexibility index (Phi) is 7.77. The third kappa shape index (κ3) is 7.88. The first-order valence-electron chi connectivity index (χ1n) is 3.27. The van der Waals surface area contributed by atoms with E-state index in [4.69, 9.17) is 15.2 Å². The molecular weight excluding hydrogens is 118 g/mol. The van der Waals surface area contributed by atoms with Crippen molar-refractivity contribution in [2.45, 2.75) is 6.92 Å². The molecule has 0 saturated carbocycles. The van der Waals surface area contributed by atoms with E-state index in [-0.39, 0.29) is 0 Å². The highest BCUT2D eigenvalue weighted by Crippen LogP contribution is 1.85. The minimum absolute atomic E-state index is 0.750. The zero-order valence-corrected chi connectivity index (χ0v) is 5.93. The molecule has 0 radical (unpaired) electrons. The fourth-order valence-corrected chi connectivity index (χ4v) is 0.440. The van der Waals surface area contributed by atoms with E-state index in [1.54, 1.807) is 0 Å². The molecule has 0 atom stereocenters. The molecule has 0 aromatic heterocycles. The molecule has 0 aliphatic carbocycles. The maximum Gasteiger partial charge on any atom is 0.0701 e. The Labute approximate surface area is 56.1 Å². The summed E-state index contributed by atoms with van der Waals surface area (Å²) in [5.41, 5.74) is 4.85. The van der Waals surface area contributed by atoms with Crippen LogP contribution in [0.4, 0.5) is 0 Å². The summed E-state index contributed by atoms with van der Waals surface area (Å²) in [6.07, 6.45) is 0. The van der Waals surface area contributed by atoms with Crippen LogP contribution in [-0.2, 0) is 9.47 Å². The SMILES string of the molecule is C1COCCO1.CCN. The first-order valence-corrected chi connectivity index (χ1v) is 3.27. The van der Waals surface area contributed by atoms with E-state index in [2.05, 4.69) is 0 Å². The highest BCUT2D eigenvalue weighted by atomic mass is 16.6. The third-order valence-electron chi connectivity index (χ3n) is 0.744. The molecule has 56 valence electrons. The summed E-state index contributed by atoms with van der Waals surface area (Å²) in [6, 6.07) is 0. The molecule has 3 heteroatoms. The molecule has 0 aromatic rings. The van der Waals surface area contributed by atoms with E-state index in [9.17, 15) is 0 Å². The van der Waals surface area contributed by atoms with Gasteiger partial charge >= 0.3 is 0 Å². The molecule has 1 heterocycles. The zero-order valence-electron chi connectivity index (χ0n) is 5.93. The van der Waals surface area contributed by atoms with Crippen molar-refractivity contribution in [3.8, 4) is 0 Å². The van der Waals surface area contributed by atoms with E-state index >= 15 is 0 Å². The molecule has 1 fully saturated rings. The molecule has 0 amide bonds. The first kappa shape index (κ1) is 8.88. The van der Waals surface area contributed by atoms with Crippen LogP contribution in [0.5, 0.6) is 0 Å². The summed E-state index contributed by atoms with van der Waals surface area (Å²) in [4.78, 5) is 0. The van der Waals surface area contributed by atoms with Crippen molar-refractivity contribution in [1.82, 2.24) is 0 Å². The van der Waals surface area contributed by atoms with Gasteiger partial charge in [0, 0.05) is 0 Å². The Balaban J connectivity index is 0.000000187. The topological polar surface area (TPSA) is 44.5 Å². The lowest BCUT2D eigenvalue weighted by molar-refractivity contribution is -0.0334. The van der Waals surface area contributed by atoms with Gasteiger partial charge in [-0.2, -0.15) is 0 Å². The number of rotatable bonds is 0. The smallest absolute Gasteiger partial charge is 0.0701 e. The lowest BCUT2D eigenvalue weighted by Gasteiger charge is -2.09. The average molecular weight is 133 g/mol. The minimum atomic E-state index is 0.750. The number of hydrogen-bond donors (Lipinski definition) is 1. The van der Waals surface area contributed by atoms with Gasteiger partial charge in [0.15, 0.2) is 0 Å². The van der Waals surface area contributed by atoms with Crippen LogP contribution in [0.15, 0.2) is 0 Å². The Hall–Kier alpha value is -0.120. The number of ether oxygens (including phenoxy) is 2. The van der Waals surface area contributed by atoms with Gasteiger partial charge < -0.3 is 15.2 Å². The monoisotopic (exact) mass is 133 g/mol. The largest absolute Gasteiger partial charge is 0.377 e. The van der Waals surface area contributed by atoms with E-state index in [0.717, 1.165) is 33.0 Å². The van der Waals surface area contributed by atoms with Crippen LogP contribution in [-0.4, -0.2) is 33.0 Å². The summed E-state index contributed by atoms with van der Waals surface area (Å²) in [6.45, 7) is 5.76. The van der Waals surface area contributed by atoms with Crippen LogP contribution in [0.1, 0.15) is 6.92 Å². The molecule has 1 aliphatic heterocycles. The van der Waals surface area contributed by atoms with Gasteiger partial charge in [-0.3, -0.25) is 0 Å². The standard InChI is InChI=1S/C4H8O2.C2H7N/c1-2-6-4-3-5-1;1-2-3/h1-4H2;2-3H2,1H3. The Bertz CT molecular complexity index is 34.8. The van der Waals surface area contributed by atoms with Gasteiger partial charge in [-0.15, -0.1) is 0 Å². The molecule has 0 unspecified atom stereocenters. The molecule has 0 bridgehead atoms. The molecule has 1 rings (SSSR count). The van der Waals surface area contributed by atoms with Crippen molar-refractivity contribution < 1.29 is 9.47 Å². The van der Waals surface area contributed by atoms with Crippen molar-refractivity contribution in [3.63, 3.8) is 0 Å². The second-order valence-electron chi connectivity index (χ2n) is 1.63. The summed E-state index contributed by atoms with van der Waals surface area (Å²) in [7, 11) is 0. The fourth-order valence-electron chi connectivity index (χ4n) is 0.440. The summed E-state index contributed by atoms with van der Waals surface area (Å²) in [5, 5.41) is 0. The molecule has 0 spiro atoms. The maximum atomic E-state index is 4.94. The third-order valence-corrected chi connectivity index (χ3v) is 0.744. The van der Waals surface area contributed by atoms with Crippen molar-refractivity contribution in [3.05, 3.63) is 0 Å². The van der Waals surface area contributed by atoms with E-state index in [1.165, 1.54) is 0 Å². The lowest BCUT2D eigenvalue weighted by atomic mass is 10.6. The van der Waals surface area contributed by atoms with Crippen molar-refractivity contribution in [2.75, 3.05) is 33.0 Å². The predicted molar refractivity (Wildman–Crippen MR) is 36.4 cm³/mol. The normalized spacial score (nSPS) is 18.0. The lowest BCUT2D eigenvalue weighted by Crippen LogP contribution is -2.16. The fraction of sp³-hybridized carbons (Fsp3) is 1.00. The van der Waals surface area contributed by atoms with Crippen molar-refractivity contribution >= 4 is 0 Å². The Morgan fingerprint density at radius 2 is 1.33 bits per heavy atom. The van der Waals surface area contributed by atoms with E-state index < -0.39 is 0 Å². The van der Waals surface area contributed by atoms with Gasteiger partial charge in [0.1, 0.15) is 0 Å².